The zero-order valence-electron chi connectivity index (χ0n) is 19.4. The summed E-state index contributed by atoms with van der Waals surface area (Å²) in [4.78, 5) is 39.7. The third-order valence-electron chi connectivity index (χ3n) is 5.58. The van der Waals surface area contributed by atoms with Crippen LogP contribution >= 0.6 is 47.0 Å². The van der Waals surface area contributed by atoms with Gasteiger partial charge in [0, 0.05) is 0 Å². The standard InChI is InChI=1S/C26H21Cl3N4O3S/c1-15-10-12-16(13-11-15)14-21(34)31-24(26(27,28)29)32-25(37)30-19-8-4-5-9-20(19)33-22(35)17-6-2-3-7-18(17)23(33)36/h2-13,24H,14H2,1H3,(H,31,34)(H2,30,32,37). The SMILES string of the molecule is Cc1ccc(CC(=O)NC(NC(=S)Nc2ccccc2N2C(=O)c3ccccc3C2=O)C(Cl)(Cl)Cl)cc1. The Morgan fingerprint density at radius 1 is 0.892 bits per heavy atom. The second-order valence-electron chi connectivity index (χ2n) is 8.31. The molecule has 11 heteroatoms. The summed E-state index contributed by atoms with van der Waals surface area (Å²) in [5.74, 6) is -1.28. The lowest BCUT2D eigenvalue weighted by Gasteiger charge is -2.28. The second kappa shape index (κ2) is 11.1. The maximum atomic E-state index is 13.0. The van der Waals surface area contributed by atoms with Gasteiger partial charge in [-0.25, -0.2) is 4.90 Å². The number of nitrogens with zero attached hydrogens (tertiary/aromatic N) is 1. The highest BCUT2D eigenvalue weighted by Gasteiger charge is 2.38. The number of carbonyl (C=O) groups excluding carboxylic acids is 3. The number of anilines is 2. The number of benzene rings is 3. The van der Waals surface area contributed by atoms with Gasteiger partial charge in [0.2, 0.25) is 9.70 Å². The summed E-state index contributed by atoms with van der Waals surface area (Å²) < 4.78 is -1.95. The lowest BCUT2D eigenvalue weighted by Crippen LogP contribution is -2.56. The van der Waals surface area contributed by atoms with Crippen molar-refractivity contribution >= 4 is 81.2 Å². The van der Waals surface area contributed by atoms with Crippen LogP contribution in [0.25, 0.3) is 0 Å². The van der Waals surface area contributed by atoms with Gasteiger partial charge in [0.15, 0.2) is 5.11 Å². The fourth-order valence-electron chi connectivity index (χ4n) is 3.77. The zero-order valence-corrected chi connectivity index (χ0v) is 22.5. The summed E-state index contributed by atoms with van der Waals surface area (Å²) in [5, 5.41) is 8.36. The van der Waals surface area contributed by atoms with Crippen LogP contribution < -0.4 is 20.9 Å². The molecule has 3 aromatic carbocycles. The number of hydrogen-bond acceptors (Lipinski definition) is 4. The Bertz CT molecular complexity index is 1340. The highest BCUT2D eigenvalue weighted by atomic mass is 35.6. The lowest BCUT2D eigenvalue weighted by molar-refractivity contribution is -0.121. The third kappa shape index (κ3) is 6.22. The van der Waals surface area contributed by atoms with Crippen LogP contribution in [-0.2, 0) is 11.2 Å². The summed E-state index contributed by atoms with van der Waals surface area (Å²) in [6.07, 6.45) is -1.11. The van der Waals surface area contributed by atoms with Gasteiger partial charge in [-0.1, -0.05) is 88.9 Å². The van der Waals surface area contributed by atoms with E-state index in [-0.39, 0.29) is 17.4 Å². The molecule has 1 aliphatic rings. The summed E-state index contributed by atoms with van der Waals surface area (Å²) >= 11 is 23.7. The molecule has 0 saturated heterocycles. The maximum absolute atomic E-state index is 13.0. The van der Waals surface area contributed by atoms with E-state index in [1.807, 2.05) is 31.2 Å². The molecule has 190 valence electrons. The third-order valence-corrected chi connectivity index (χ3v) is 6.46. The Balaban J connectivity index is 1.48. The van der Waals surface area contributed by atoms with E-state index in [9.17, 15) is 14.4 Å². The molecule has 1 atom stereocenters. The Kier molecular flexibility index (Phi) is 8.04. The van der Waals surface area contributed by atoms with Crippen molar-refractivity contribution in [2.45, 2.75) is 23.3 Å². The molecule has 0 aromatic heterocycles. The van der Waals surface area contributed by atoms with Crippen LogP contribution in [0, 0.1) is 6.92 Å². The largest absolute Gasteiger partial charge is 0.339 e. The van der Waals surface area contributed by atoms with Gasteiger partial charge in [0.1, 0.15) is 6.17 Å². The molecule has 0 saturated carbocycles. The fraction of sp³-hybridized carbons (Fsp3) is 0.154. The van der Waals surface area contributed by atoms with E-state index >= 15 is 0 Å². The first-order valence-electron chi connectivity index (χ1n) is 11.1. The van der Waals surface area contributed by atoms with Gasteiger partial charge in [-0.15, -0.1) is 0 Å². The van der Waals surface area contributed by atoms with Crippen LogP contribution in [0.3, 0.4) is 0 Å². The first-order valence-corrected chi connectivity index (χ1v) is 12.6. The molecule has 7 nitrogen and oxygen atoms in total. The van der Waals surface area contributed by atoms with Gasteiger partial charge in [0.25, 0.3) is 11.8 Å². The highest BCUT2D eigenvalue weighted by Crippen LogP contribution is 2.34. The molecule has 3 amide bonds. The van der Waals surface area contributed by atoms with Gasteiger partial charge < -0.3 is 16.0 Å². The molecule has 4 rings (SSSR count). The number of thiocarbonyl (C=S) groups is 1. The number of nitrogens with one attached hydrogen (secondary N) is 3. The predicted molar refractivity (Wildman–Crippen MR) is 150 cm³/mol. The van der Waals surface area contributed by atoms with Crippen molar-refractivity contribution in [3.63, 3.8) is 0 Å². The Morgan fingerprint density at radius 2 is 1.46 bits per heavy atom. The highest BCUT2D eigenvalue weighted by molar-refractivity contribution is 7.80. The van der Waals surface area contributed by atoms with Crippen LogP contribution in [-0.4, -0.2) is 32.8 Å². The topological polar surface area (TPSA) is 90.5 Å². The van der Waals surface area contributed by atoms with Gasteiger partial charge in [-0.05, 0) is 49.0 Å². The number of halogens is 3. The van der Waals surface area contributed by atoms with Crippen molar-refractivity contribution in [1.29, 1.82) is 0 Å². The summed E-state index contributed by atoms with van der Waals surface area (Å²) in [7, 11) is 0. The molecule has 3 aromatic rings. The molecule has 3 N–H and O–H groups in total. The van der Waals surface area contributed by atoms with Crippen molar-refractivity contribution in [3.8, 4) is 0 Å². The minimum atomic E-state index is -1.95. The zero-order chi connectivity index (χ0) is 26.7. The average Bonchev–Trinajstić information content (AvgIpc) is 3.10. The smallest absolute Gasteiger partial charge is 0.266 e. The summed E-state index contributed by atoms with van der Waals surface area (Å²) in [5.41, 5.74) is 3.16. The quantitative estimate of drug-likeness (QED) is 0.163. The van der Waals surface area contributed by atoms with Gasteiger partial charge in [0.05, 0.1) is 28.9 Å². The van der Waals surface area contributed by atoms with Crippen LogP contribution in [0.5, 0.6) is 0 Å². The van der Waals surface area contributed by atoms with E-state index < -0.39 is 21.8 Å². The summed E-state index contributed by atoms with van der Waals surface area (Å²) in [6.45, 7) is 1.95. The molecule has 1 heterocycles. The number of aryl methyl sites for hydroxylation is 1. The van der Waals surface area contributed by atoms with E-state index in [2.05, 4.69) is 16.0 Å². The molecule has 0 bridgehead atoms. The minimum Gasteiger partial charge on any atom is -0.339 e. The van der Waals surface area contributed by atoms with E-state index in [1.54, 1.807) is 48.5 Å². The number of carbonyl (C=O) groups is 3. The van der Waals surface area contributed by atoms with Crippen molar-refractivity contribution in [3.05, 3.63) is 95.1 Å². The fourth-order valence-corrected chi connectivity index (χ4v) is 4.33. The lowest BCUT2D eigenvalue weighted by atomic mass is 10.1. The van der Waals surface area contributed by atoms with E-state index in [4.69, 9.17) is 47.0 Å². The number of amides is 3. The molecule has 1 aliphatic heterocycles. The number of para-hydroxylation sites is 2. The van der Waals surface area contributed by atoms with Gasteiger partial charge in [-0.2, -0.15) is 0 Å². The Hall–Kier alpha value is -3.17. The van der Waals surface area contributed by atoms with Gasteiger partial charge in [-0.3, -0.25) is 14.4 Å². The van der Waals surface area contributed by atoms with E-state index in [0.717, 1.165) is 16.0 Å². The number of rotatable bonds is 6. The van der Waals surface area contributed by atoms with Crippen LogP contribution in [0.2, 0.25) is 0 Å². The monoisotopic (exact) mass is 574 g/mol. The number of alkyl halides is 3. The van der Waals surface area contributed by atoms with Crippen LogP contribution in [0.4, 0.5) is 11.4 Å². The molecule has 37 heavy (non-hydrogen) atoms. The van der Waals surface area contributed by atoms with E-state index in [0.29, 0.717) is 22.5 Å². The Labute approximate surface area is 234 Å². The van der Waals surface area contributed by atoms with Crippen LogP contribution in [0.1, 0.15) is 31.8 Å². The van der Waals surface area contributed by atoms with Crippen molar-refractivity contribution in [1.82, 2.24) is 10.6 Å². The normalized spacial score (nSPS) is 13.7. The van der Waals surface area contributed by atoms with Gasteiger partial charge >= 0.3 is 0 Å². The first-order chi connectivity index (χ1) is 17.5. The van der Waals surface area contributed by atoms with Crippen molar-refractivity contribution < 1.29 is 14.4 Å². The van der Waals surface area contributed by atoms with Crippen molar-refractivity contribution in [2.75, 3.05) is 10.2 Å². The molecule has 0 spiro atoms. The molecule has 1 unspecified atom stereocenters. The molecular weight excluding hydrogens is 555 g/mol. The second-order valence-corrected chi connectivity index (χ2v) is 11.1. The molecule has 0 fully saturated rings. The molecular formula is C26H21Cl3N4O3S. The van der Waals surface area contributed by atoms with E-state index in [1.165, 1.54) is 0 Å². The molecule has 0 radical (unpaired) electrons. The predicted octanol–water partition coefficient (Wildman–Crippen LogP) is 5.14. The first kappa shape index (κ1) is 26.9. The number of hydrogen-bond donors (Lipinski definition) is 3. The number of imide groups is 1. The number of fused-ring (bicyclic) bond motifs is 1. The minimum absolute atomic E-state index is 0.00369. The van der Waals surface area contributed by atoms with Crippen LogP contribution in [0.15, 0.2) is 72.8 Å². The summed E-state index contributed by atoms with van der Waals surface area (Å²) in [6, 6.07) is 20.7. The maximum Gasteiger partial charge on any atom is 0.266 e. The average molecular weight is 576 g/mol. The molecule has 0 aliphatic carbocycles. The van der Waals surface area contributed by atoms with Crippen molar-refractivity contribution in [2.24, 2.45) is 0 Å². The Morgan fingerprint density at radius 3 is 2.05 bits per heavy atom.